The first kappa shape index (κ1) is 8.90. The highest BCUT2D eigenvalue weighted by atomic mass is 79.9. The molecular weight excluding hydrogens is 252 g/mol. The van der Waals surface area contributed by atoms with Gasteiger partial charge in [0.2, 0.25) is 0 Å². The Hall–Kier alpha value is -0.680. The third-order valence-electron chi connectivity index (χ3n) is 1.56. The molecule has 0 aliphatic heterocycles. The fraction of sp³-hybridized carbons (Fsp3) is 0.250. The van der Waals surface area contributed by atoms with E-state index in [9.17, 15) is 0 Å². The molecule has 0 fully saturated rings. The highest BCUT2D eigenvalue weighted by Gasteiger charge is 2.09. The lowest BCUT2D eigenvalue weighted by Crippen LogP contribution is -1.80. The Morgan fingerprint density at radius 2 is 2.46 bits per heavy atom. The number of aromatic nitrogens is 2. The Morgan fingerprint density at radius 3 is 3.00 bits per heavy atom. The molecule has 0 atom stereocenters. The Morgan fingerprint density at radius 1 is 1.62 bits per heavy atom. The van der Waals surface area contributed by atoms with Crippen LogP contribution in [0.3, 0.4) is 0 Å². The number of nitrogens with zero attached hydrogens (tertiary/aromatic N) is 2. The average Bonchev–Trinajstić information content (AvgIpc) is 2.71. The molecule has 2 aromatic heterocycles. The summed E-state index contributed by atoms with van der Waals surface area (Å²) in [5.74, 6) is 1.35. The first-order chi connectivity index (χ1) is 6.29. The van der Waals surface area contributed by atoms with Crippen LogP contribution in [-0.4, -0.2) is 10.1 Å². The number of thiophene rings is 1. The van der Waals surface area contributed by atoms with Gasteiger partial charge in [-0.05, 0) is 22.0 Å². The third kappa shape index (κ3) is 1.81. The third-order valence-corrected chi connectivity index (χ3v) is 3.24. The van der Waals surface area contributed by atoms with E-state index in [0.717, 1.165) is 21.6 Å². The smallest absolute Gasteiger partial charge is 0.268 e. The van der Waals surface area contributed by atoms with Crippen LogP contribution in [0.25, 0.3) is 10.8 Å². The molecule has 0 bridgehead atoms. The first-order valence-electron chi connectivity index (χ1n) is 3.86. The second-order valence-corrected chi connectivity index (χ2v) is 4.33. The fourth-order valence-corrected chi connectivity index (χ4v) is 2.27. The van der Waals surface area contributed by atoms with Crippen LogP contribution in [0.15, 0.2) is 20.4 Å². The van der Waals surface area contributed by atoms with Gasteiger partial charge in [0.05, 0.1) is 4.88 Å². The maximum Gasteiger partial charge on any atom is 0.268 e. The largest absolute Gasteiger partial charge is 0.333 e. The molecule has 0 saturated carbocycles. The van der Waals surface area contributed by atoms with Gasteiger partial charge >= 0.3 is 0 Å². The summed E-state index contributed by atoms with van der Waals surface area (Å²) in [6.45, 7) is 2.00. The average molecular weight is 259 g/mol. The summed E-state index contributed by atoms with van der Waals surface area (Å²) in [5.41, 5.74) is 0. The van der Waals surface area contributed by atoms with Crippen molar-refractivity contribution in [1.82, 2.24) is 10.1 Å². The molecule has 68 valence electrons. The number of halogens is 1. The first-order valence-corrected chi connectivity index (χ1v) is 5.54. The van der Waals surface area contributed by atoms with Crippen molar-refractivity contribution in [2.75, 3.05) is 0 Å². The lowest BCUT2D eigenvalue weighted by molar-refractivity contribution is 0.424. The van der Waals surface area contributed by atoms with Gasteiger partial charge in [-0.1, -0.05) is 12.1 Å². The summed E-state index contributed by atoms with van der Waals surface area (Å²) in [5, 5.41) is 5.82. The van der Waals surface area contributed by atoms with Gasteiger partial charge in [0.15, 0.2) is 5.82 Å². The lowest BCUT2D eigenvalue weighted by Gasteiger charge is -1.82. The van der Waals surface area contributed by atoms with Gasteiger partial charge in [0, 0.05) is 16.3 Å². The minimum Gasteiger partial charge on any atom is -0.333 e. The van der Waals surface area contributed by atoms with Gasteiger partial charge in [-0.25, -0.2) is 0 Å². The van der Waals surface area contributed by atoms with Crippen LogP contribution in [0.1, 0.15) is 12.7 Å². The van der Waals surface area contributed by atoms with Crippen molar-refractivity contribution in [2.45, 2.75) is 13.3 Å². The van der Waals surface area contributed by atoms with Gasteiger partial charge in [-0.2, -0.15) is 4.98 Å². The van der Waals surface area contributed by atoms with E-state index in [-0.39, 0.29) is 0 Å². The molecule has 0 N–H and O–H groups in total. The molecule has 0 radical (unpaired) electrons. The van der Waals surface area contributed by atoms with Crippen LogP contribution in [0, 0.1) is 0 Å². The zero-order valence-electron chi connectivity index (χ0n) is 6.95. The van der Waals surface area contributed by atoms with E-state index < -0.39 is 0 Å². The standard InChI is InChI=1S/C8H7BrN2OS/c1-2-7-10-8(12-11-7)6-3-5(9)4-13-6/h3-4H,2H2,1H3. The zero-order valence-corrected chi connectivity index (χ0v) is 9.35. The van der Waals surface area contributed by atoms with Crippen LogP contribution in [-0.2, 0) is 6.42 Å². The van der Waals surface area contributed by atoms with Gasteiger partial charge in [0.1, 0.15) is 0 Å². The summed E-state index contributed by atoms with van der Waals surface area (Å²) in [4.78, 5) is 5.22. The Kier molecular flexibility index (Phi) is 2.46. The molecule has 0 saturated heterocycles. The van der Waals surface area contributed by atoms with Crippen molar-refractivity contribution in [3.63, 3.8) is 0 Å². The van der Waals surface area contributed by atoms with Crippen molar-refractivity contribution in [2.24, 2.45) is 0 Å². The van der Waals surface area contributed by atoms with Crippen LogP contribution in [0.4, 0.5) is 0 Å². The normalized spacial score (nSPS) is 10.6. The summed E-state index contributed by atoms with van der Waals surface area (Å²) >= 11 is 4.96. The molecule has 0 aliphatic rings. The number of rotatable bonds is 2. The fourth-order valence-electron chi connectivity index (χ4n) is 0.923. The zero-order chi connectivity index (χ0) is 9.26. The minimum atomic E-state index is 0.604. The predicted molar refractivity (Wildman–Crippen MR) is 54.7 cm³/mol. The van der Waals surface area contributed by atoms with Crippen molar-refractivity contribution in [3.05, 3.63) is 21.7 Å². The molecule has 0 spiro atoms. The topological polar surface area (TPSA) is 38.9 Å². The van der Waals surface area contributed by atoms with Gasteiger partial charge in [0.25, 0.3) is 5.89 Å². The molecule has 3 nitrogen and oxygen atoms in total. The van der Waals surface area contributed by atoms with E-state index in [0.29, 0.717) is 5.89 Å². The summed E-state index contributed by atoms with van der Waals surface area (Å²) in [6, 6.07) is 1.97. The predicted octanol–water partition coefficient (Wildman–Crippen LogP) is 3.12. The highest BCUT2D eigenvalue weighted by Crippen LogP contribution is 2.28. The van der Waals surface area contributed by atoms with E-state index >= 15 is 0 Å². The van der Waals surface area contributed by atoms with Crippen molar-refractivity contribution < 1.29 is 4.52 Å². The Balaban J connectivity index is 2.35. The molecule has 0 aromatic carbocycles. The number of aryl methyl sites for hydroxylation is 1. The van der Waals surface area contributed by atoms with E-state index in [1.54, 1.807) is 11.3 Å². The molecule has 5 heteroatoms. The van der Waals surface area contributed by atoms with E-state index in [4.69, 9.17) is 4.52 Å². The molecule has 2 heterocycles. The van der Waals surface area contributed by atoms with Crippen LogP contribution < -0.4 is 0 Å². The van der Waals surface area contributed by atoms with Gasteiger partial charge < -0.3 is 4.52 Å². The molecule has 2 aromatic rings. The van der Waals surface area contributed by atoms with Gasteiger partial charge in [-0.3, -0.25) is 0 Å². The Bertz CT molecular complexity index is 410. The monoisotopic (exact) mass is 258 g/mol. The molecule has 2 rings (SSSR count). The highest BCUT2D eigenvalue weighted by molar-refractivity contribution is 9.10. The van der Waals surface area contributed by atoms with Crippen LogP contribution in [0.2, 0.25) is 0 Å². The summed E-state index contributed by atoms with van der Waals surface area (Å²) < 4.78 is 6.13. The molecule has 0 amide bonds. The quantitative estimate of drug-likeness (QED) is 0.831. The SMILES string of the molecule is CCc1noc(-c2cc(Br)cs2)n1. The van der Waals surface area contributed by atoms with Crippen molar-refractivity contribution in [3.8, 4) is 10.8 Å². The number of hydrogen-bond donors (Lipinski definition) is 0. The maximum absolute atomic E-state index is 5.08. The maximum atomic E-state index is 5.08. The van der Waals surface area contributed by atoms with E-state index in [2.05, 4.69) is 26.1 Å². The summed E-state index contributed by atoms with van der Waals surface area (Å²) in [6.07, 6.45) is 0.802. The second kappa shape index (κ2) is 3.59. The Labute approximate surface area is 87.9 Å². The second-order valence-electron chi connectivity index (χ2n) is 2.50. The minimum absolute atomic E-state index is 0.604. The van der Waals surface area contributed by atoms with E-state index in [1.807, 2.05) is 18.4 Å². The molecule has 0 aliphatic carbocycles. The molecule has 13 heavy (non-hydrogen) atoms. The van der Waals surface area contributed by atoms with E-state index in [1.165, 1.54) is 0 Å². The molecule has 0 unspecified atom stereocenters. The van der Waals surface area contributed by atoms with Crippen LogP contribution >= 0.6 is 27.3 Å². The summed E-state index contributed by atoms with van der Waals surface area (Å²) in [7, 11) is 0. The van der Waals surface area contributed by atoms with Gasteiger partial charge in [-0.15, -0.1) is 11.3 Å². The lowest BCUT2D eigenvalue weighted by atomic mass is 10.4. The molecular formula is C8H7BrN2OS. The number of hydrogen-bond acceptors (Lipinski definition) is 4. The van der Waals surface area contributed by atoms with Crippen LogP contribution in [0.5, 0.6) is 0 Å². The van der Waals surface area contributed by atoms with Crippen molar-refractivity contribution >= 4 is 27.3 Å². The van der Waals surface area contributed by atoms with Crippen molar-refractivity contribution in [1.29, 1.82) is 0 Å².